The number of hydrogen-bond acceptors (Lipinski definition) is 5. The van der Waals surface area contributed by atoms with Crippen molar-refractivity contribution in [2.75, 3.05) is 10.2 Å². The van der Waals surface area contributed by atoms with Crippen LogP contribution < -0.4 is 10.2 Å². The molecule has 0 unspecified atom stereocenters. The highest BCUT2D eigenvalue weighted by Gasteiger charge is 2.38. The average molecular weight is 398 g/mol. The maximum atomic E-state index is 13.1. The number of nitrogens with zero attached hydrogens (tertiary/aromatic N) is 2. The smallest absolute Gasteiger partial charge is 0.289 e. The van der Waals surface area contributed by atoms with E-state index in [2.05, 4.69) is 19.2 Å². The van der Waals surface area contributed by atoms with Crippen LogP contribution in [0.25, 0.3) is 0 Å². The van der Waals surface area contributed by atoms with Crippen molar-refractivity contribution in [1.82, 2.24) is 0 Å². The van der Waals surface area contributed by atoms with Crippen LogP contribution in [0.4, 0.5) is 17.1 Å². The second-order valence-electron chi connectivity index (χ2n) is 8.03. The minimum absolute atomic E-state index is 0.0316. The molecule has 2 aliphatic rings. The normalized spacial score (nSPS) is 18.1. The first kappa shape index (κ1) is 18.5. The Morgan fingerprint density at radius 1 is 1.18 bits per heavy atom. The van der Waals surface area contributed by atoms with E-state index in [0.29, 0.717) is 30.8 Å². The molecular weight excluding hydrogens is 378 g/mol. The van der Waals surface area contributed by atoms with Crippen LogP contribution in [0.15, 0.2) is 53.9 Å². The molecular formula is C21H20ClN3O3. The Labute approximate surface area is 167 Å². The van der Waals surface area contributed by atoms with Gasteiger partial charge in [0.2, 0.25) is 0 Å². The van der Waals surface area contributed by atoms with Crippen LogP contribution in [-0.4, -0.2) is 10.7 Å². The molecule has 144 valence electrons. The van der Waals surface area contributed by atoms with Gasteiger partial charge in [-0.2, -0.15) is 0 Å². The van der Waals surface area contributed by atoms with Crippen LogP contribution >= 0.6 is 11.6 Å². The zero-order chi connectivity index (χ0) is 20.1. The van der Waals surface area contributed by atoms with Crippen molar-refractivity contribution >= 4 is 34.4 Å². The van der Waals surface area contributed by atoms with Crippen LogP contribution in [-0.2, 0) is 11.3 Å². The number of rotatable bonds is 2. The van der Waals surface area contributed by atoms with Crippen molar-refractivity contribution in [3.8, 4) is 0 Å². The fraction of sp³-hybridized carbons (Fsp3) is 0.286. The Morgan fingerprint density at radius 3 is 2.68 bits per heavy atom. The number of para-hydroxylation sites is 1. The summed E-state index contributed by atoms with van der Waals surface area (Å²) in [5.41, 5.74) is 3.65. The van der Waals surface area contributed by atoms with Gasteiger partial charge in [-0.1, -0.05) is 43.6 Å². The van der Waals surface area contributed by atoms with Crippen molar-refractivity contribution in [3.63, 3.8) is 0 Å². The Hall–Kier alpha value is -2.86. The fourth-order valence-corrected chi connectivity index (χ4v) is 4.14. The van der Waals surface area contributed by atoms with Crippen molar-refractivity contribution < 1.29 is 9.72 Å². The second-order valence-corrected chi connectivity index (χ2v) is 8.44. The maximum absolute atomic E-state index is 13.1. The Bertz CT molecular complexity index is 1030. The van der Waals surface area contributed by atoms with Gasteiger partial charge in [-0.05, 0) is 35.6 Å². The summed E-state index contributed by atoms with van der Waals surface area (Å²) in [6.07, 6.45) is 1.14. The monoisotopic (exact) mass is 397 g/mol. The van der Waals surface area contributed by atoms with Gasteiger partial charge in [-0.3, -0.25) is 14.9 Å². The third-order valence-corrected chi connectivity index (χ3v) is 5.50. The average Bonchev–Trinajstić information content (AvgIpc) is 2.77. The van der Waals surface area contributed by atoms with Gasteiger partial charge < -0.3 is 10.2 Å². The topological polar surface area (TPSA) is 75.5 Å². The maximum Gasteiger partial charge on any atom is 0.289 e. The number of anilines is 2. The summed E-state index contributed by atoms with van der Waals surface area (Å²) < 4.78 is 0. The third kappa shape index (κ3) is 3.24. The summed E-state index contributed by atoms with van der Waals surface area (Å²) in [5.74, 6) is 0.0316. The number of nitro groups is 1. The molecule has 0 aromatic heterocycles. The first-order valence-corrected chi connectivity index (χ1v) is 9.46. The Balaban J connectivity index is 1.90. The third-order valence-electron chi connectivity index (χ3n) is 5.18. The molecule has 0 radical (unpaired) electrons. The van der Waals surface area contributed by atoms with Gasteiger partial charge in [0, 0.05) is 29.6 Å². The van der Waals surface area contributed by atoms with Crippen molar-refractivity contribution in [3.05, 3.63) is 74.6 Å². The zero-order valence-electron chi connectivity index (χ0n) is 15.7. The molecule has 0 saturated heterocycles. The molecule has 0 fully saturated rings. The molecule has 4 rings (SSSR count). The predicted octanol–water partition coefficient (Wildman–Crippen LogP) is 5.28. The summed E-state index contributed by atoms with van der Waals surface area (Å²) >= 11 is 6.00. The largest absolute Gasteiger partial charge is 0.357 e. The van der Waals surface area contributed by atoms with E-state index in [9.17, 15) is 14.9 Å². The second kappa shape index (κ2) is 6.63. The van der Waals surface area contributed by atoms with Crippen LogP contribution in [0.5, 0.6) is 0 Å². The standard InChI is InChI=1S/C21H20ClN3O3/c1-21(2)10-17-20(19(26)11-21)24(12-13-5-3-4-6-16(13)23-17)14-7-8-15(22)18(9-14)25(27)28/h3-9,23H,10-12H2,1-2H3. The molecule has 0 saturated carbocycles. The first-order valence-electron chi connectivity index (χ1n) is 9.08. The SMILES string of the molecule is CC1(C)CC(=O)C2=C(C1)Nc1ccccc1CN2c1ccc(Cl)c([N+](=O)[O-])c1. The first-order chi connectivity index (χ1) is 13.2. The Morgan fingerprint density at radius 2 is 1.93 bits per heavy atom. The molecule has 0 spiro atoms. The quantitative estimate of drug-likeness (QED) is 0.551. The molecule has 0 atom stereocenters. The molecule has 1 heterocycles. The van der Waals surface area contributed by atoms with E-state index in [1.807, 2.05) is 29.2 Å². The minimum atomic E-state index is -0.503. The molecule has 1 N–H and O–H groups in total. The summed E-state index contributed by atoms with van der Waals surface area (Å²) in [6.45, 7) is 4.59. The number of fused-ring (bicyclic) bond motifs is 1. The summed E-state index contributed by atoms with van der Waals surface area (Å²) in [4.78, 5) is 25.9. The van der Waals surface area contributed by atoms with E-state index in [4.69, 9.17) is 11.6 Å². The lowest BCUT2D eigenvalue weighted by Crippen LogP contribution is -2.35. The molecule has 28 heavy (non-hydrogen) atoms. The number of Topliss-reactive ketones (excluding diaryl/α,β-unsaturated/α-hetero) is 1. The fourth-order valence-electron chi connectivity index (χ4n) is 3.95. The number of halogens is 1. The van der Waals surface area contributed by atoms with Crippen LogP contribution in [0.2, 0.25) is 5.02 Å². The molecule has 2 aromatic rings. The van der Waals surface area contributed by atoms with E-state index in [1.165, 1.54) is 12.1 Å². The van der Waals surface area contributed by atoms with Crippen LogP contribution in [0.3, 0.4) is 0 Å². The van der Waals surface area contributed by atoms with Gasteiger partial charge in [-0.15, -0.1) is 0 Å². The molecule has 6 nitrogen and oxygen atoms in total. The highest BCUT2D eigenvalue weighted by Crippen LogP contribution is 2.43. The van der Waals surface area contributed by atoms with Gasteiger partial charge >= 0.3 is 0 Å². The molecule has 0 bridgehead atoms. The molecule has 2 aromatic carbocycles. The van der Waals surface area contributed by atoms with Crippen LogP contribution in [0.1, 0.15) is 32.3 Å². The molecule has 1 aliphatic carbocycles. The number of ketones is 1. The van der Waals surface area contributed by atoms with E-state index in [-0.39, 0.29) is 21.9 Å². The number of hydrogen-bond donors (Lipinski definition) is 1. The van der Waals surface area contributed by atoms with Gasteiger partial charge in [0.25, 0.3) is 5.69 Å². The Kier molecular flexibility index (Phi) is 4.38. The number of carbonyl (C=O) groups excluding carboxylic acids is 1. The van der Waals surface area contributed by atoms with Crippen molar-refractivity contribution in [2.45, 2.75) is 33.2 Å². The highest BCUT2D eigenvalue weighted by atomic mass is 35.5. The van der Waals surface area contributed by atoms with E-state index in [1.54, 1.807) is 6.07 Å². The molecule has 1 aliphatic heterocycles. The predicted molar refractivity (Wildman–Crippen MR) is 109 cm³/mol. The van der Waals surface area contributed by atoms with Gasteiger partial charge in [0.05, 0.1) is 11.5 Å². The number of allylic oxidation sites excluding steroid dienone is 2. The lowest BCUT2D eigenvalue weighted by molar-refractivity contribution is -0.384. The number of nitro benzene ring substituents is 1. The van der Waals surface area contributed by atoms with Gasteiger partial charge in [0.15, 0.2) is 5.78 Å². The minimum Gasteiger partial charge on any atom is -0.357 e. The lowest BCUT2D eigenvalue weighted by Gasteiger charge is -2.35. The summed E-state index contributed by atoms with van der Waals surface area (Å²) in [6, 6.07) is 12.5. The van der Waals surface area contributed by atoms with E-state index >= 15 is 0 Å². The van der Waals surface area contributed by atoms with Crippen molar-refractivity contribution in [2.24, 2.45) is 5.41 Å². The number of benzene rings is 2. The van der Waals surface area contributed by atoms with E-state index in [0.717, 1.165) is 16.9 Å². The highest BCUT2D eigenvalue weighted by molar-refractivity contribution is 6.32. The number of nitrogens with one attached hydrogen (secondary N) is 1. The molecule has 0 amide bonds. The molecule has 7 heteroatoms. The zero-order valence-corrected chi connectivity index (χ0v) is 16.4. The number of carbonyl (C=O) groups is 1. The van der Waals surface area contributed by atoms with E-state index < -0.39 is 4.92 Å². The van der Waals surface area contributed by atoms with Gasteiger partial charge in [-0.25, -0.2) is 0 Å². The summed E-state index contributed by atoms with van der Waals surface area (Å²) in [7, 11) is 0. The van der Waals surface area contributed by atoms with Crippen LogP contribution in [0, 0.1) is 15.5 Å². The van der Waals surface area contributed by atoms with Gasteiger partial charge in [0.1, 0.15) is 10.7 Å². The summed E-state index contributed by atoms with van der Waals surface area (Å²) in [5, 5.41) is 14.9. The lowest BCUT2D eigenvalue weighted by atomic mass is 9.77. The van der Waals surface area contributed by atoms with Crippen molar-refractivity contribution in [1.29, 1.82) is 0 Å².